The maximum absolute atomic E-state index is 13.7. The summed E-state index contributed by atoms with van der Waals surface area (Å²) in [5.74, 6) is -2.17. The molecule has 196 valence electrons. The van der Waals surface area contributed by atoms with Gasteiger partial charge in [0.15, 0.2) is 0 Å². The van der Waals surface area contributed by atoms with Crippen LogP contribution in [-0.2, 0) is 19.1 Å². The van der Waals surface area contributed by atoms with Crippen LogP contribution in [0.25, 0.3) is 0 Å². The Hall–Kier alpha value is -2.66. The van der Waals surface area contributed by atoms with E-state index in [-0.39, 0.29) is 29.8 Å². The van der Waals surface area contributed by atoms with E-state index >= 15 is 0 Å². The van der Waals surface area contributed by atoms with Gasteiger partial charge in [0, 0.05) is 27.8 Å². The molecule has 5 rings (SSSR count). The molecule has 0 aromatic heterocycles. The fraction of sp³-hybridized carbons (Fsp3) is 0.423. The van der Waals surface area contributed by atoms with Crippen molar-refractivity contribution in [3.8, 4) is 5.75 Å². The molecule has 11 heteroatoms. The maximum atomic E-state index is 13.7. The highest BCUT2D eigenvalue weighted by atomic mass is 79.9. The Kier molecular flexibility index (Phi) is 7.19. The summed E-state index contributed by atoms with van der Waals surface area (Å²) < 4.78 is 11.9. The standard InChI is InChI=1S/C26H27BrClN3O6/c1-2-36-17-9-7-16(8-10-17)29-23(33)19-20-25(35)31(11-12-32)22(26(20)13-18(27)21(19)37-26)24(34)30-15-5-3-14(28)4-6-15/h3-10,18-22,32H,2,11-13H2,1H3,(H,29,33)(H,30,34)/t18?,19-,20-,21-,22?,26?/m0/s1. The van der Waals surface area contributed by atoms with E-state index < -0.39 is 35.5 Å². The zero-order valence-corrected chi connectivity index (χ0v) is 22.4. The number of rotatable bonds is 8. The molecule has 3 aliphatic rings. The summed E-state index contributed by atoms with van der Waals surface area (Å²) in [5, 5.41) is 16.0. The minimum atomic E-state index is -1.21. The fourth-order valence-electron chi connectivity index (χ4n) is 5.85. The number of hydrogen-bond acceptors (Lipinski definition) is 6. The van der Waals surface area contributed by atoms with Crippen LogP contribution in [0, 0.1) is 11.8 Å². The Morgan fingerprint density at radius 1 is 1.14 bits per heavy atom. The van der Waals surface area contributed by atoms with Crippen molar-refractivity contribution in [2.24, 2.45) is 11.8 Å². The number of hydrogen-bond donors (Lipinski definition) is 3. The molecule has 3 amide bonds. The quantitative estimate of drug-likeness (QED) is 0.406. The van der Waals surface area contributed by atoms with Crippen molar-refractivity contribution in [3.63, 3.8) is 0 Å². The number of aliphatic hydroxyl groups is 1. The number of halogens is 2. The van der Waals surface area contributed by atoms with Gasteiger partial charge >= 0.3 is 0 Å². The highest BCUT2D eigenvalue weighted by Crippen LogP contribution is 2.60. The minimum absolute atomic E-state index is 0.0516. The lowest BCUT2D eigenvalue weighted by Crippen LogP contribution is -2.54. The Bertz CT molecular complexity index is 1200. The van der Waals surface area contributed by atoms with Crippen molar-refractivity contribution in [1.29, 1.82) is 0 Å². The molecule has 3 N–H and O–H groups in total. The zero-order valence-electron chi connectivity index (χ0n) is 20.0. The van der Waals surface area contributed by atoms with Crippen LogP contribution in [0.1, 0.15) is 13.3 Å². The lowest BCUT2D eigenvalue weighted by molar-refractivity contribution is -0.140. The predicted octanol–water partition coefficient (Wildman–Crippen LogP) is 3.06. The molecule has 37 heavy (non-hydrogen) atoms. The third kappa shape index (κ3) is 4.50. The second kappa shape index (κ2) is 10.2. The van der Waals surface area contributed by atoms with Crippen LogP contribution >= 0.6 is 27.5 Å². The van der Waals surface area contributed by atoms with Crippen molar-refractivity contribution >= 4 is 56.6 Å². The first-order valence-corrected chi connectivity index (χ1v) is 13.4. The van der Waals surface area contributed by atoms with E-state index in [0.717, 1.165) is 0 Å². The molecule has 1 spiro atoms. The lowest BCUT2D eigenvalue weighted by Gasteiger charge is -2.34. The van der Waals surface area contributed by atoms with Gasteiger partial charge in [-0.3, -0.25) is 14.4 Å². The number of benzene rings is 2. The van der Waals surface area contributed by atoms with Gasteiger partial charge in [0.1, 0.15) is 17.4 Å². The number of alkyl halides is 1. The van der Waals surface area contributed by atoms with Gasteiger partial charge in [-0.2, -0.15) is 0 Å². The SMILES string of the molecule is CCOc1ccc(NC(=O)[C@H]2[C@H]3C(=O)N(CCO)C(C(=O)Nc4ccc(Cl)cc4)C34CC(Br)[C@@H]2O4)cc1. The molecule has 3 heterocycles. The summed E-state index contributed by atoms with van der Waals surface area (Å²) in [5.41, 5.74) is -0.132. The molecular weight excluding hydrogens is 566 g/mol. The molecule has 3 unspecified atom stereocenters. The van der Waals surface area contributed by atoms with E-state index in [0.29, 0.717) is 35.2 Å². The smallest absolute Gasteiger partial charge is 0.250 e. The molecule has 2 bridgehead atoms. The summed E-state index contributed by atoms with van der Waals surface area (Å²) in [6, 6.07) is 12.6. The molecule has 0 saturated carbocycles. The average molecular weight is 593 g/mol. The van der Waals surface area contributed by atoms with E-state index in [1.54, 1.807) is 48.5 Å². The normalized spacial score (nSPS) is 29.8. The predicted molar refractivity (Wildman–Crippen MR) is 141 cm³/mol. The van der Waals surface area contributed by atoms with Crippen LogP contribution in [0.3, 0.4) is 0 Å². The topological polar surface area (TPSA) is 117 Å². The summed E-state index contributed by atoms with van der Waals surface area (Å²) in [6.07, 6.45) is -0.208. The molecule has 2 aromatic carbocycles. The van der Waals surface area contributed by atoms with Crippen molar-refractivity contribution in [3.05, 3.63) is 53.6 Å². The first kappa shape index (κ1) is 26.0. The van der Waals surface area contributed by atoms with Crippen LogP contribution < -0.4 is 15.4 Å². The number of nitrogens with zero attached hydrogens (tertiary/aromatic N) is 1. The molecule has 6 atom stereocenters. The molecule has 9 nitrogen and oxygen atoms in total. The highest BCUT2D eigenvalue weighted by Gasteiger charge is 2.76. The van der Waals surface area contributed by atoms with Gasteiger partial charge < -0.3 is 30.1 Å². The lowest BCUT2D eigenvalue weighted by atomic mass is 9.70. The van der Waals surface area contributed by atoms with Gasteiger partial charge in [0.25, 0.3) is 0 Å². The number of carbonyl (C=O) groups excluding carboxylic acids is 3. The number of carbonyl (C=O) groups is 3. The van der Waals surface area contributed by atoms with E-state index in [9.17, 15) is 19.5 Å². The number of aliphatic hydroxyl groups excluding tert-OH is 1. The molecule has 2 aromatic rings. The molecule has 0 aliphatic carbocycles. The van der Waals surface area contributed by atoms with Crippen molar-refractivity contribution in [1.82, 2.24) is 4.90 Å². The van der Waals surface area contributed by atoms with Gasteiger partial charge in [0.2, 0.25) is 17.7 Å². The number of ether oxygens (including phenoxy) is 2. The van der Waals surface area contributed by atoms with E-state index in [1.165, 1.54) is 4.90 Å². The summed E-state index contributed by atoms with van der Waals surface area (Å²) in [4.78, 5) is 41.9. The zero-order chi connectivity index (χ0) is 26.3. The van der Waals surface area contributed by atoms with Gasteiger partial charge in [-0.15, -0.1) is 0 Å². The van der Waals surface area contributed by atoms with Gasteiger partial charge in [0.05, 0.1) is 31.2 Å². The number of fused-ring (bicyclic) bond motifs is 1. The van der Waals surface area contributed by atoms with E-state index in [4.69, 9.17) is 21.1 Å². The van der Waals surface area contributed by atoms with Gasteiger partial charge in [-0.25, -0.2) is 0 Å². The second-order valence-electron chi connectivity index (χ2n) is 9.36. The summed E-state index contributed by atoms with van der Waals surface area (Å²) in [6.45, 7) is 2.04. The summed E-state index contributed by atoms with van der Waals surface area (Å²) in [7, 11) is 0. The largest absolute Gasteiger partial charge is 0.494 e. The molecule has 3 fully saturated rings. The van der Waals surface area contributed by atoms with Crippen LogP contribution in [0.4, 0.5) is 11.4 Å². The van der Waals surface area contributed by atoms with Crippen LogP contribution in [-0.4, -0.2) is 70.1 Å². The van der Waals surface area contributed by atoms with Crippen molar-refractivity contribution in [2.45, 2.75) is 35.9 Å². The average Bonchev–Trinajstić information content (AvgIpc) is 3.46. The Balaban J connectivity index is 1.43. The Morgan fingerprint density at radius 3 is 2.38 bits per heavy atom. The van der Waals surface area contributed by atoms with Crippen LogP contribution in [0.2, 0.25) is 5.02 Å². The van der Waals surface area contributed by atoms with Crippen molar-refractivity contribution in [2.75, 3.05) is 30.4 Å². The monoisotopic (exact) mass is 591 g/mol. The van der Waals surface area contributed by atoms with Crippen LogP contribution in [0.15, 0.2) is 48.5 Å². The molecule has 3 aliphatic heterocycles. The fourth-order valence-corrected chi connectivity index (χ4v) is 6.92. The van der Waals surface area contributed by atoms with Gasteiger partial charge in [-0.1, -0.05) is 27.5 Å². The minimum Gasteiger partial charge on any atom is -0.494 e. The van der Waals surface area contributed by atoms with Crippen molar-refractivity contribution < 1.29 is 29.0 Å². The van der Waals surface area contributed by atoms with E-state index in [2.05, 4.69) is 26.6 Å². The summed E-state index contributed by atoms with van der Waals surface area (Å²) >= 11 is 9.59. The van der Waals surface area contributed by atoms with E-state index in [1.807, 2.05) is 6.92 Å². The molecule has 3 saturated heterocycles. The molecular formula is C26H27BrClN3O6. The molecule has 0 radical (unpaired) electrons. The maximum Gasteiger partial charge on any atom is 0.250 e. The number of nitrogens with one attached hydrogen (secondary N) is 2. The first-order valence-electron chi connectivity index (χ1n) is 12.1. The Labute approximate surface area is 227 Å². The second-order valence-corrected chi connectivity index (χ2v) is 11.0. The number of likely N-dealkylation sites (tertiary alicyclic amines) is 1. The number of amides is 3. The number of anilines is 2. The number of β-amino-alcohol motifs (C(OH)–C–C–N with tert-alkyl or cyclic N) is 1. The third-order valence-electron chi connectivity index (χ3n) is 7.23. The van der Waals surface area contributed by atoms with Crippen LogP contribution in [0.5, 0.6) is 5.75 Å². The highest BCUT2D eigenvalue weighted by molar-refractivity contribution is 9.09. The Morgan fingerprint density at radius 2 is 1.76 bits per heavy atom. The third-order valence-corrected chi connectivity index (χ3v) is 8.32. The first-order chi connectivity index (χ1) is 17.8. The van der Waals surface area contributed by atoms with Gasteiger partial charge in [-0.05, 0) is 61.9 Å².